The van der Waals surface area contributed by atoms with Gasteiger partial charge in [-0.25, -0.2) is 0 Å². The highest BCUT2D eigenvalue weighted by atomic mass is 19.4. The van der Waals surface area contributed by atoms with E-state index in [2.05, 4.69) is 4.90 Å². The highest BCUT2D eigenvalue weighted by Gasteiger charge is 2.34. The van der Waals surface area contributed by atoms with Crippen LogP contribution in [-0.4, -0.2) is 37.0 Å². The molecule has 0 saturated carbocycles. The molecule has 21 heavy (non-hydrogen) atoms. The molecule has 7 heteroatoms. The van der Waals surface area contributed by atoms with E-state index in [9.17, 15) is 13.2 Å². The Morgan fingerprint density at radius 3 is 2.48 bits per heavy atom. The Morgan fingerprint density at radius 2 is 1.95 bits per heavy atom. The van der Waals surface area contributed by atoms with Gasteiger partial charge in [0.25, 0.3) is 0 Å². The van der Waals surface area contributed by atoms with Crippen molar-refractivity contribution in [3.8, 4) is 5.75 Å². The fourth-order valence-electron chi connectivity index (χ4n) is 2.36. The smallest absolute Gasteiger partial charge is 0.417 e. The second-order valence-corrected chi connectivity index (χ2v) is 5.24. The van der Waals surface area contributed by atoms with E-state index < -0.39 is 17.6 Å². The minimum absolute atomic E-state index is 0.0783. The molecule has 2 rings (SSSR count). The third-order valence-electron chi connectivity index (χ3n) is 3.55. The Balaban J connectivity index is 2.20. The maximum atomic E-state index is 13.0. The van der Waals surface area contributed by atoms with Gasteiger partial charge in [0, 0.05) is 18.7 Å². The van der Waals surface area contributed by atoms with Crippen LogP contribution in [0, 0.1) is 5.41 Å². The van der Waals surface area contributed by atoms with Crippen molar-refractivity contribution in [1.82, 2.24) is 4.90 Å². The number of rotatable bonds is 3. The summed E-state index contributed by atoms with van der Waals surface area (Å²) < 4.78 is 44.6. The summed E-state index contributed by atoms with van der Waals surface area (Å²) in [5, 5.41) is 7.23. The number of likely N-dealkylation sites (tertiary alicyclic amines) is 1. The number of halogens is 3. The summed E-state index contributed by atoms with van der Waals surface area (Å²) in [5.74, 6) is -0.435. The van der Waals surface area contributed by atoms with E-state index in [1.165, 1.54) is 12.1 Å². The van der Waals surface area contributed by atoms with E-state index in [1.54, 1.807) is 0 Å². The highest BCUT2D eigenvalue weighted by Crippen LogP contribution is 2.34. The summed E-state index contributed by atoms with van der Waals surface area (Å²) in [5.41, 5.74) is 3.95. The molecular formula is C14H18F3N3O. The third kappa shape index (κ3) is 3.87. The van der Waals surface area contributed by atoms with Crippen LogP contribution in [-0.2, 0) is 6.18 Å². The Kier molecular flexibility index (Phi) is 4.41. The van der Waals surface area contributed by atoms with Gasteiger partial charge in [-0.05, 0) is 38.1 Å². The highest BCUT2D eigenvalue weighted by molar-refractivity contribution is 5.96. The average Bonchev–Trinajstić information content (AvgIpc) is 2.40. The lowest BCUT2D eigenvalue weighted by Crippen LogP contribution is -2.35. The molecule has 116 valence electrons. The molecule has 0 unspecified atom stereocenters. The Hall–Kier alpha value is -1.76. The molecule has 0 radical (unpaired) electrons. The van der Waals surface area contributed by atoms with Gasteiger partial charge in [-0.15, -0.1) is 0 Å². The van der Waals surface area contributed by atoms with Crippen molar-refractivity contribution in [3.63, 3.8) is 0 Å². The number of ether oxygens (including phenoxy) is 1. The van der Waals surface area contributed by atoms with Gasteiger partial charge >= 0.3 is 6.18 Å². The minimum atomic E-state index is -4.56. The molecule has 4 nitrogen and oxygen atoms in total. The van der Waals surface area contributed by atoms with Crippen LogP contribution in [0.25, 0.3) is 0 Å². The first-order chi connectivity index (χ1) is 9.77. The number of hydrogen-bond donors (Lipinski definition) is 2. The predicted octanol–water partition coefficient (Wildman–Crippen LogP) is 2.46. The summed E-state index contributed by atoms with van der Waals surface area (Å²) >= 11 is 0. The molecule has 0 amide bonds. The van der Waals surface area contributed by atoms with Crippen LogP contribution < -0.4 is 10.5 Å². The van der Waals surface area contributed by atoms with E-state index in [0.717, 1.165) is 32.0 Å². The lowest BCUT2D eigenvalue weighted by Gasteiger charge is -2.29. The van der Waals surface area contributed by atoms with Crippen LogP contribution in [0.15, 0.2) is 18.2 Å². The van der Waals surface area contributed by atoms with Crippen LogP contribution in [0.1, 0.15) is 24.0 Å². The lowest BCUT2D eigenvalue weighted by atomic mass is 10.1. The van der Waals surface area contributed by atoms with E-state index in [4.69, 9.17) is 15.9 Å². The monoisotopic (exact) mass is 301 g/mol. The summed E-state index contributed by atoms with van der Waals surface area (Å²) in [4.78, 5) is 2.15. The molecule has 1 aliphatic heterocycles. The quantitative estimate of drug-likeness (QED) is 0.666. The van der Waals surface area contributed by atoms with Gasteiger partial charge in [-0.1, -0.05) is 0 Å². The summed E-state index contributed by atoms with van der Waals surface area (Å²) in [6, 6.07) is 3.55. The molecule has 0 aliphatic carbocycles. The standard InChI is InChI=1S/C14H18F3N3O/c1-20-6-4-9(5-7-20)21-10-2-3-11(13(18)19)12(8-10)14(15,16)17/h2-3,8-9H,4-7H2,1H3,(H3,18,19). The van der Waals surface area contributed by atoms with Crippen LogP contribution >= 0.6 is 0 Å². The van der Waals surface area contributed by atoms with Gasteiger partial charge in [0.15, 0.2) is 0 Å². The Labute approximate surface area is 121 Å². The molecule has 1 saturated heterocycles. The number of alkyl halides is 3. The second-order valence-electron chi connectivity index (χ2n) is 5.24. The zero-order valence-corrected chi connectivity index (χ0v) is 11.7. The van der Waals surface area contributed by atoms with Crippen LogP contribution in [0.5, 0.6) is 5.75 Å². The van der Waals surface area contributed by atoms with Crippen molar-refractivity contribution in [2.45, 2.75) is 25.1 Å². The fourth-order valence-corrected chi connectivity index (χ4v) is 2.36. The van der Waals surface area contributed by atoms with E-state index in [-0.39, 0.29) is 17.4 Å². The van der Waals surface area contributed by atoms with Gasteiger partial charge in [0.05, 0.1) is 5.56 Å². The van der Waals surface area contributed by atoms with E-state index in [1.807, 2.05) is 7.05 Å². The zero-order valence-electron chi connectivity index (χ0n) is 11.7. The molecule has 1 aliphatic rings. The van der Waals surface area contributed by atoms with Crippen molar-refractivity contribution in [1.29, 1.82) is 5.41 Å². The molecule has 3 N–H and O–H groups in total. The molecule has 0 spiro atoms. The molecule has 1 fully saturated rings. The van der Waals surface area contributed by atoms with Gasteiger partial charge in [-0.2, -0.15) is 13.2 Å². The molecular weight excluding hydrogens is 283 g/mol. The first-order valence-corrected chi connectivity index (χ1v) is 6.68. The van der Waals surface area contributed by atoms with Crippen molar-refractivity contribution < 1.29 is 17.9 Å². The fraction of sp³-hybridized carbons (Fsp3) is 0.500. The van der Waals surface area contributed by atoms with Crippen molar-refractivity contribution >= 4 is 5.84 Å². The van der Waals surface area contributed by atoms with Crippen molar-refractivity contribution in [2.24, 2.45) is 5.73 Å². The number of nitrogens with one attached hydrogen (secondary N) is 1. The summed E-state index contributed by atoms with van der Waals surface area (Å²) in [7, 11) is 2.00. The maximum Gasteiger partial charge on any atom is 0.417 e. The Bertz CT molecular complexity index is 523. The van der Waals surface area contributed by atoms with Crippen LogP contribution in [0.2, 0.25) is 0 Å². The zero-order chi connectivity index (χ0) is 15.6. The second kappa shape index (κ2) is 5.93. The van der Waals surface area contributed by atoms with Gasteiger partial charge in [-0.3, -0.25) is 5.41 Å². The Morgan fingerprint density at radius 1 is 1.33 bits per heavy atom. The number of amidine groups is 1. The number of hydrogen-bond acceptors (Lipinski definition) is 3. The largest absolute Gasteiger partial charge is 0.490 e. The van der Waals surface area contributed by atoms with Crippen LogP contribution in [0.4, 0.5) is 13.2 Å². The molecule has 1 aromatic rings. The average molecular weight is 301 g/mol. The first kappa shape index (κ1) is 15.6. The van der Waals surface area contributed by atoms with Crippen molar-refractivity contribution in [3.05, 3.63) is 29.3 Å². The van der Waals surface area contributed by atoms with Gasteiger partial charge < -0.3 is 15.4 Å². The SMILES string of the molecule is CN1CCC(Oc2ccc(C(=N)N)c(C(F)(F)F)c2)CC1. The summed E-state index contributed by atoms with van der Waals surface area (Å²) in [6.45, 7) is 1.73. The summed E-state index contributed by atoms with van der Waals surface area (Å²) in [6.07, 6.45) is -3.07. The van der Waals surface area contributed by atoms with Crippen LogP contribution in [0.3, 0.4) is 0 Å². The van der Waals surface area contributed by atoms with E-state index >= 15 is 0 Å². The third-order valence-corrected chi connectivity index (χ3v) is 3.55. The van der Waals surface area contributed by atoms with Gasteiger partial charge in [0.2, 0.25) is 0 Å². The normalized spacial score (nSPS) is 17.7. The first-order valence-electron chi connectivity index (χ1n) is 6.68. The topological polar surface area (TPSA) is 62.3 Å². The molecule has 0 atom stereocenters. The molecule has 1 heterocycles. The number of nitrogen functional groups attached to an aromatic ring is 1. The maximum absolute atomic E-state index is 13.0. The number of nitrogens with two attached hydrogens (primary N) is 1. The van der Waals surface area contributed by atoms with Crippen molar-refractivity contribution in [2.75, 3.05) is 20.1 Å². The molecule has 0 bridgehead atoms. The number of piperidine rings is 1. The van der Waals surface area contributed by atoms with Gasteiger partial charge in [0.1, 0.15) is 17.7 Å². The van der Waals surface area contributed by atoms with E-state index in [0.29, 0.717) is 0 Å². The molecule has 0 aromatic heterocycles. The number of nitrogens with zero attached hydrogens (tertiary/aromatic N) is 1. The molecule has 1 aromatic carbocycles. The predicted molar refractivity (Wildman–Crippen MR) is 73.6 cm³/mol. The lowest BCUT2D eigenvalue weighted by molar-refractivity contribution is -0.137. The minimum Gasteiger partial charge on any atom is -0.490 e. The number of benzene rings is 1.